The Labute approximate surface area is 136 Å². The maximum Gasteiger partial charge on any atom is 0.414 e. The van der Waals surface area contributed by atoms with Crippen LogP contribution in [0.3, 0.4) is 0 Å². The SMILES string of the molecule is BrC1CCC(C2CN3CCSC3=N2)CC1.O=C(O)C(=O)O. The molecule has 8 heteroatoms. The number of fused-ring (bicyclic) bond motifs is 1. The van der Waals surface area contributed by atoms with E-state index in [1.54, 1.807) is 0 Å². The Balaban J connectivity index is 0.000000232. The summed E-state index contributed by atoms with van der Waals surface area (Å²) >= 11 is 5.67. The van der Waals surface area contributed by atoms with Gasteiger partial charge in [-0.05, 0) is 31.6 Å². The molecule has 0 aromatic rings. The number of thioether (sulfide) groups is 1. The number of hydrogen-bond acceptors (Lipinski definition) is 5. The summed E-state index contributed by atoms with van der Waals surface area (Å²) in [6.45, 7) is 2.44. The quantitative estimate of drug-likeness (QED) is 0.534. The third-order valence-corrected chi connectivity index (χ3v) is 5.90. The number of aliphatic imine (C=N–C) groups is 1. The van der Waals surface area contributed by atoms with Crippen molar-refractivity contribution < 1.29 is 19.8 Å². The highest BCUT2D eigenvalue weighted by molar-refractivity contribution is 9.09. The lowest BCUT2D eigenvalue weighted by molar-refractivity contribution is -0.159. The third-order valence-electron chi connectivity index (χ3n) is 3.98. The molecule has 2 aliphatic heterocycles. The molecule has 6 nitrogen and oxygen atoms in total. The van der Waals surface area contributed by atoms with Crippen molar-refractivity contribution in [2.45, 2.75) is 36.6 Å². The number of hydrogen-bond donors (Lipinski definition) is 2. The van der Waals surface area contributed by atoms with Crippen molar-refractivity contribution >= 4 is 44.8 Å². The Bertz CT molecular complexity index is 426. The number of carbonyl (C=O) groups is 2. The van der Waals surface area contributed by atoms with Crippen LogP contribution in [0.1, 0.15) is 25.7 Å². The molecule has 118 valence electrons. The van der Waals surface area contributed by atoms with E-state index in [1.807, 2.05) is 11.8 Å². The van der Waals surface area contributed by atoms with E-state index in [-0.39, 0.29) is 0 Å². The summed E-state index contributed by atoms with van der Waals surface area (Å²) in [5.74, 6) is -1.54. The van der Waals surface area contributed by atoms with E-state index >= 15 is 0 Å². The average Bonchev–Trinajstić information content (AvgIpc) is 3.01. The largest absolute Gasteiger partial charge is 0.473 e. The van der Waals surface area contributed by atoms with Gasteiger partial charge in [0.1, 0.15) is 0 Å². The van der Waals surface area contributed by atoms with Gasteiger partial charge in [0.2, 0.25) is 0 Å². The smallest absolute Gasteiger partial charge is 0.414 e. The first kappa shape index (κ1) is 16.6. The van der Waals surface area contributed by atoms with Crippen molar-refractivity contribution in [1.82, 2.24) is 4.90 Å². The predicted octanol–water partition coefficient (Wildman–Crippen LogP) is 1.88. The van der Waals surface area contributed by atoms with E-state index in [0.29, 0.717) is 6.04 Å². The highest BCUT2D eigenvalue weighted by Crippen LogP contribution is 2.35. The van der Waals surface area contributed by atoms with Gasteiger partial charge in [0.15, 0.2) is 5.17 Å². The molecule has 0 radical (unpaired) electrons. The van der Waals surface area contributed by atoms with Crippen LogP contribution in [0.25, 0.3) is 0 Å². The molecule has 1 aliphatic carbocycles. The monoisotopic (exact) mass is 378 g/mol. The predicted molar refractivity (Wildman–Crippen MR) is 85.2 cm³/mol. The number of rotatable bonds is 1. The van der Waals surface area contributed by atoms with Gasteiger partial charge in [0, 0.05) is 23.7 Å². The molecule has 2 heterocycles. The number of nitrogens with zero attached hydrogens (tertiary/aromatic N) is 2. The number of carboxylic acids is 2. The molecule has 1 saturated heterocycles. The van der Waals surface area contributed by atoms with E-state index < -0.39 is 11.9 Å². The van der Waals surface area contributed by atoms with Crippen LogP contribution < -0.4 is 0 Å². The van der Waals surface area contributed by atoms with Crippen LogP contribution in [0.15, 0.2) is 4.99 Å². The molecule has 1 unspecified atom stereocenters. The molecule has 21 heavy (non-hydrogen) atoms. The van der Waals surface area contributed by atoms with Crippen molar-refractivity contribution in [2.24, 2.45) is 10.9 Å². The molecule has 0 aromatic carbocycles. The molecule has 0 amide bonds. The van der Waals surface area contributed by atoms with Crippen molar-refractivity contribution in [3.05, 3.63) is 0 Å². The Hall–Kier alpha value is -0.760. The fraction of sp³-hybridized carbons (Fsp3) is 0.769. The molecule has 2 N–H and O–H groups in total. The van der Waals surface area contributed by atoms with Crippen molar-refractivity contribution in [1.29, 1.82) is 0 Å². The fourth-order valence-electron chi connectivity index (χ4n) is 2.85. The Morgan fingerprint density at radius 3 is 2.33 bits per heavy atom. The van der Waals surface area contributed by atoms with E-state index in [1.165, 1.54) is 49.7 Å². The van der Waals surface area contributed by atoms with Crippen LogP contribution >= 0.6 is 27.7 Å². The molecule has 3 rings (SSSR count). The molecule has 1 atom stereocenters. The van der Waals surface area contributed by atoms with Gasteiger partial charge in [-0.3, -0.25) is 4.99 Å². The van der Waals surface area contributed by atoms with Crippen LogP contribution in [-0.2, 0) is 9.59 Å². The standard InChI is InChI=1S/C11H17BrN2S.C2H2O4/c12-9-3-1-8(2-4-9)10-7-14-5-6-15-11(14)13-10;3-1(4)2(5)6/h8-10H,1-7H2;(H,3,4)(H,5,6). The normalized spacial score (nSPS) is 31.0. The van der Waals surface area contributed by atoms with Crippen molar-refractivity contribution in [2.75, 3.05) is 18.8 Å². The summed E-state index contributed by atoms with van der Waals surface area (Å²) in [6.07, 6.45) is 5.43. The lowest BCUT2D eigenvalue weighted by Gasteiger charge is -2.28. The number of aliphatic carboxylic acids is 2. The minimum atomic E-state index is -1.82. The van der Waals surface area contributed by atoms with Gasteiger partial charge in [0.25, 0.3) is 0 Å². The highest BCUT2D eigenvalue weighted by Gasteiger charge is 2.35. The lowest BCUT2D eigenvalue weighted by Crippen LogP contribution is -2.31. The lowest BCUT2D eigenvalue weighted by atomic mass is 9.84. The second-order valence-electron chi connectivity index (χ2n) is 5.40. The van der Waals surface area contributed by atoms with Gasteiger partial charge in [0.05, 0.1) is 6.04 Å². The second-order valence-corrected chi connectivity index (χ2v) is 7.75. The summed E-state index contributed by atoms with van der Waals surface area (Å²) in [5, 5.41) is 16.1. The summed E-state index contributed by atoms with van der Waals surface area (Å²) in [5.41, 5.74) is 0. The van der Waals surface area contributed by atoms with E-state index in [4.69, 9.17) is 24.8 Å². The van der Waals surface area contributed by atoms with Gasteiger partial charge in [-0.1, -0.05) is 27.7 Å². The maximum atomic E-state index is 9.10. The van der Waals surface area contributed by atoms with Crippen LogP contribution in [0.4, 0.5) is 0 Å². The molecular weight excluding hydrogens is 360 g/mol. The maximum absolute atomic E-state index is 9.10. The van der Waals surface area contributed by atoms with Crippen LogP contribution in [0.2, 0.25) is 0 Å². The topological polar surface area (TPSA) is 90.2 Å². The number of amidine groups is 1. The minimum Gasteiger partial charge on any atom is -0.473 e. The zero-order valence-corrected chi connectivity index (χ0v) is 14.0. The van der Waals surface area contributed by atoms with Gasteiger partial charge in [-0.15, -0.1) is 0 Å². The molecule has 0 aromatic heterocycles. The summed E-state index contributed by atoms with van der Waals surface area (Å²) in [6, 6.07) is 0.618. The zero-order chi connectivity index (χ0) is 15.4. The third kappa shape index (κ3) is 4.60. The minimum absolute atomic E-state index is 0.618. The number of alkyl halides is 1. The van der Waals surface area contributed by atoms with E-state index in [9.17, 15) is 0 Å². The van der Waals surface area contributed by atoms with Crippen LogP contribution in [0.5, 0.6) is 0 Å². The number of carboxylic acid groups (broad SMARTS) is 2. The summed E-state index contributed by atoms with van der Waals surface area (Å²) < 4.78 is 0. The summed E-state index contributed by atoms with van der Waals surface area (Å²) in [4.78, 5) is 26.3. The van der Waals surface area contributed by atoms with E-state index in [2.05, 4.69) is 20.8 Å². The molecule has 2 fully saturated rings. The molecule has 0 bridgehead atoms. The number of halogens is 1. The van der Waals surface area contributed by atoms with Gasteiger partial charge < -0.3 is 15.1 Å². The Morgan fingerprint density at radius 1 is 1.19 bits per heavy atom. The zero-order valence-electron chi connectivity index (χ0n) is 11.6. The fourth-order valence-corrected chi connectivity index (χ4v) is 4.43. The first-order chi connectivity index (χ1) is 9.97. The first-order valence-corrected chi connectivity index (χ1v) is 8.93. The highest BCUT2D eigenvalue weighted by atomic mass is 79.9. The molecular formula is C13H19BrN2O4S. The van der Waals surface area contributed by atoms with Gasteiger partial charge in [-0.25, -0.2) is 9.59 Å². The van der Waals surface area contributed by atoms with Crippen LogP contribution in [0, 0.1) is 5.92 Å². The summed E-state index contributed by atoms with van der Waals surface area (Å²) in [7, 11) is 0. The molecule has 1 saturated carbocycles. The Morgan fingerprint density at radius 2 is 1.81 bits per heavy atom. The van der Waals surface area contributed by atoms with Crippen molar-refractivity contribution in [3.8, 4) is 0 Å². The Kier molecular flexibility index (Phi) is 5.92. The molecule has 3 aliphatic rings. The van der Waals surface area contributed by atoms with Crippen molar-refractivity contribution in [3.63, 3.8) is 0 Å². The first-order valence-electron chi connectivity index (χ1n) is 7.03. The van der Waals surface area contributed by atoms with E-state index in [0.717, 1.165) is 10.7 Å². The van der Waals surface area contributed by atoms with Gasteiger partial charge >= 0.3 is 11.9 Å². The van der Waals surface area contributed by atoms with Gasteiger partial charge in [-0.2, -0.15) is 0 Å². The van der Waals surface area contributed by atoms with Crippen LogP contribution in [-0.4, -0.2) is 61.9 Å². The average molecular weight is 379 g/mol. The second kappa shape index (κ2) is 7.49. The molecule has 0 spiro atoms.